The van der Waals surface area contributed by atoms with Gasteiger partial charge in [0.2, 0.25) is 5.95 Å². The molecule has 5 nitrogen and oxygen atoms in total. The Morgan fingerprint density at radius 1 is 1.33 bits per heavy atom. The first-order chi connectivity index (χ1) is 8.70. The third-order valence-electron chi connectivity index (χ3n) is 2.46. The summed E-state index contributed by atoms with van der Waals surface area (Å²) >= 11 is 3.34. The number of nitrogen functional groups attached to an aromatic ring is 1. The lowest BCUT2D eigenvalue weighted by molar-refractivity contribution is 0.276. The van der Waals surface area contributed by atoms with Crippen LogP contribution in [0.2, 0.25) is 0 Å². The number of halogens is 1. The topological polar surface area (TPSA) is 84.1 Å². The van der Waals surface area contributed by atoms with Gasteiger partial charge in [-0.25, -0.2) is 4.98 Å². The first kappa shape index (κ1) is 12.8. The average Bonchev–Trinajstić information content (AvgIpc) is 2.41. The van der Waals surface area contributed by atoms with Crippen LogP contribution in [0.3, 0.4) is 0 Å². The molecule has 0 fully saturated rings. The summed E-state index contributed by atoms with van der Waals surface area (Å²) in [7, 11) is 0. The van der Waals surface area contributed by atoms with Crippen molar-refractivity contribution in [2.45, 2.75) is 6.04 Å². The highest BCUT2D eigenvalue weighted by Crippen LogP contribution is 2.24. The number of aromatic nitrogens is 2. The Morgan fingerprint density at radius 3 is 2.72 bits per heavy atom. The molecule has 0 saturated carbocycles. The summed E-state index contributed by atoms with van der Waals surface area (Å²) in [5.41, 5.74) is 6.51. The Kier molecular flexibility index (Phi) is 4.11. The monoisotopic (exact) mass is 308 g/mol. The second kappa shape index (κ2) is 5.79. The van der Waals surface area contributed by atoms with Crippen LogP contribution >= 0.6 is 15.9 Å². The Morgan fingerprint density at radius 2 is 2.06 bits per heavy atom. The molecule has 0 bridgehead atoms. The van der Waals surface area contributed by atoms with Gasteiger partial charge in [-0.05, 0) is 21.5 Å². The molecule has 0 aliphatic heterocycles. The van der Waals surface area contributed by atoms with Crippen molar-refractivity contribution in [2.24, 2.45) is 0 Å². The lowest BCUT2D eigenvalue weighted by Crippen LogP contribution is -2.16. The first-order valence-corrected chi connectivity index (χ1v) is 6.20. The van der Waals surface area contributed by atoms with E-state index in [0.717, 1.165) is 5.56 Å². The molecule has 1 atom stereocenters. The number of aliphatic hydroxyl groups excluding tert-OH is 1. The minimum atomic E-state index is -0.239. The molecule has 0 radical (unpaired) electrons. The number of benzene rings is 1. The molecule has 0 aliphatic carbocycles. The second-order valence-corrected chi connectivity index (χ2v) is 4.57. The molecule has 0 aliphatic rings. The zero-order valence-electron chi connectivity index (χ0n) is 9.55. The maximum atomic E-state index is 9.45. The largest absolute Gasteiger partial charge is 0.394 e. The van der Waals surface area contributed by atoms with E-state index >= 15 is 0 Å². The van der Waals surface area contributed by atoms with E-state index < -0.39 is 0 Å². The van der Waals surface area contributed by atoms with E-state index in [1.807, 2.05) is 30.3 Å². The van der Waals surface area contributed by atoms with Gasteiger partial charge in [-0.3, -0.25) is 0 Å². The van der Waals surface area contributed by atoms with Crippen LogP contribution in [0.4, 0.5) is 11.8 Å². The summed E-state index contributed by atoms with van der Waals surface area (Å²) in [6.45, 7) is -0.0413. The minimum absolute atomic E-state index is 0.0413. The van der Waals surface area contributed by atoms with Crippen LogP contribution in [-0.4, -0.2) is 21.7 Å². The normalized spacial score (nSPS) is 12.1. The van der Waals surface area contributed by atoms with E-state index in [0.29, 0.717) is 10.3 Å². The third-order valence-corrected chi connectivity index (χ3v) is 3.04. The van der Waals surface area contributed by atoms with Gasteiger partial charge in [0, 0.05) is 6.20 Å². The number of rotatable bonds is 4. The van der Waals surface area contributed by atoms with Gasteiger partial charge in [0.1, 0.15) is 5.82 Å². The summed E-state index contributed by atoms with van der Waals surface area (Å²) in [6, 6.07) is 9.40. The Hall–Kier alpha value is -1.66. The summed E-state index contributed by atoms with van der Waals surface area (Å²) in [4.78, 5) is 7.95. The predicted molar refractivity (Wildman–Crippen MR) is 74.0 cm³/mol. The van der Waals surface area contributed by atoms with Crippen LogP contribution in [0, 0.1) is 0 Å². The molecule has 18 heavy (non-hydrogen) atoms. The van der Waals surface area contributed by atoms with Gasteiger partial charge >= 0.3 is 0 Å². The fourth-order valence-corrected chi connectivity index (χ4v) is 1.87. The maximum absolute atomic E-state index is 9.45. The van der Waals surface area contributed by atoms with Gasteiger partial charge in [-0.15, -0.1) is 0 Å². The number of nitrogens with one attached hydrogen (secondary N) is 1. The molecule has 0 spiro atoms. The quantitative estimate of drug-likeness (QED) is 0.804. The predicted octanol–water partition coefficient (Wildman–Crippen LogP) is 1.97. The number of anilines is 2. The van der Waals surface area contributed by atoms with E-state index in [4.69, 9.17) is 5.73 Å². The molecule has 1 aromatic heterocycles. The van der Waals surface area contributed by atoms with Crippen molar-refractivity contribution in [3.05, 3.63) is 46.6 Å². The minimum Gasteiger partial charge on any atom is -0.394 e. The highest BCUT2D eigenvalue weighted by atomic mass is 79.9. The van der Waals surface area contributed by atoms with Crippen molar-refractivity contribution in [3.8, 4) is 0 Å². The van der Waals surface area contributed by atoms with Crippen molar-refractivity contribution in [2.75, 3.05) is 17.7 Å². The smallest absolute Gasteiger partial charge is 0.221 e. The van der Waals surface area contributed by atoms with Crippen LogP contribution in [-0.2, 0) is 0 Å². The van der Waals surface area contributed by atoms with Crippen molar-refractivity contribution in [1.82, 2.24) is 9.97 Å². The van der Waals surface area contributed by atoms with Crippen LogP contribution in [0.25, 0.3) is 0 Å². The molecule has 0 saturated heterocycles. The zero-order valence-corrected chi connectivity index (χ0v) is 11.1. The summed E-state index contributed by atoms with van der Waals surface area (Å²) in [6.07, 6.45) is 1.57. The van der Waals surface area contributed by atoms with Crippen LogP contribution in [0.5, 0.6) is 0 Å². The molecule has 0 amide bonds. The highest BCUT2D eigenvalue weighted by molar-refractivity contribution is 9.10. The molecule has 2 aromatic rings. The molecule has 1 heterocycles. The van der Waals surface area contributed by atoms with Crippen LogP contribution < -0.4 is 11.1 Å². The van der Waals surface area contributed by atoms with Gasteiger partial charge in [0.15, 0.2) is 0 Å². The third kappa shape index (κ3) is 2.96. The fraction of sp³-hybridized carbons (Fsp3) is 0.167. The van der Waals surface area contributed by atoms with Crippen molar-refractivity contribution < 1.29 is 5.11 Å². The fourth-order valence-electron chi connectivity index (χ4n) is 1.57. The summed E-state index contributed by atoms with van der Waals surface area (Å²) < 4.78 is 0.700. The van der Waals surface area contributed by atoms with Crippen LogP contribution in [0.15, 0.2) is 41.0 Å². The standard InChI is InChI=1S/C12H13BrN4O/c13-9-6-15-12(14)17-11(9)16-10(7-18)8-4-2-1-3-5-8/h1-6,10,18H,7H2,(H3,14,15,16,17). The van der Waals surface area contributed by atoms with E-state index in [1.54, 1.807) is 6.20 Å². The number of hydrogen-bond acceptors (Lipinski definition) is 5. The molecule has 94 valence electrons. The van der Waals surface area contributed by atoms with Gasteiger partial charge in [0.05, 0.1) is 17.1 Å². The lowest BCUT2D eigenvalue weighted by atomic mass is 10.1. The highest BCUT2D eigenvalue weighted by Gasteiger charge is 2.12. The molecule has 1 aromatic carbocycles. The summed E-state index contributed by atoms with van der Waals surface area (Å²) in [5, 5.41) is 12.6. The Labute approximate surface area is 113 Å². The number of nitrogens with two attached hydrogens (primary N) is 1. The van der Waals surface area contributed by atoms with E-state index in [-0.39, 0.29) is 18.6 Å². The Balaban J connectivity index is 2.23. The van der Waals surface area contributed by atoms with Crippen molar-refractivity contribution >= 4 is 27.7 Å². The molecule has 2 rings (SSSR count). The summed E-state index contributed by atoms with van der Waals surface area (Å²) in [5.74, 6) is 0.746. The van der Waals surface area contributed by atoms with Gasteiger partial charge in [-0.2, -0.15) is 4.98 Å². The SMILES string of the molecule is Nc1ncc(Br)c(NC(CO)c2ccccc2)n1. The molecule has 6 heteroatoms. The van der Waals surface area contributed by atoms with E-state index in [2.05, 4.69) is 31.2 Å². The second-order valence-electron chi connectivity index (χ2n) is 3.71. The molecule has 1 unspecified atom stereocenters. The Bertz CT molecular complexity index is 521. The number of nitrogens with zero attached hydrogens (tertiary/aromatic N) is 2. The number of aliphatic hydroxyl groups is 1. The van der Waals surface area contributed by atoms with E-state index in [9.17, 15) is 5.11 Å². The van der Waals surface area contributed by atoms with Gasteiger partial charge < -0.3 is 16.2 Å². The average molecular weight is 309 g/mol. The zero-order chi connectivity index (χ0) is 13.0. The van der Waals surface area contributed by atoms with E-state index in [1.165, 1.54) is 0 Å². The number of hydrogen-bond donors (Lipinski definition) is 3. The van der Waals surface area contributed by atoms with Gasteiger partial charge in [0.25, 0.3) is 0 Å². The maximum Gasteiger partial charge on any atom is 0.221 e. The molecular formula is C12H13BrN4O. The lowest BCUT2D eigenvalue weighted by Gasteiger charge is -2.18. The first-order valence-electron chi connectivity index (χ1n) is 5.41. The van der Waals surface area contributed by atoms with Gasteiger partial charge in [-0.1, -0.05) is 30.3 Å². The molecule has 4 N–H and O–H groups in total. The molecular weight excluding hydrogens is 296 g/mol. The van der Waals surface area contributed by atoms with Crippen LogP contribution in [0.1, 0.15) is 11.6 Å². The van der Waals surface area contributed by atoms with Crippen molar-refractivity contribution in [1.29, 1.82) is 0 Å². The van der Waals surface area contributed by atoms with Crippen molar-refractivity contribution in [3.63, 3.8) is 0 Å².